The monoisotopic (exact) mass is 202 g/mol. The number of carbonyl (C=O) groups excluding carboxylic acids is 2. The number of hydrogen-bond acceptors (Lipinski definition) is 3. The van der Waals surface area contributed by atoms with Crippen molar-refractivity contribution in [2.75, 3.05) is 0 Å². The second-order valence-corrected chi connectivity index (χ2v) is 2.93. The Kier molecular flexibility index (Phi) is 3.58. The van der Waals surface area contributed by atoms with Gasteiger partial charge in [-0.1, -0.05) is 5.92 Å². The van der Waals surface area contributed by atoms with Crippen LogP contribution in [0.2, 0.25) is 0 Å². The molecule has 0 saturated heterocycles. The first-order valence-electron chi connectivity index (χ1n) is 4.34. The number of nitrogens with two attached hydrogens (primary N) is 1. The predicted octanol–water partition coefficient (Wildman–Crippen LogP) is 0.511. The topological polar surface area (TPSA) is 73.1 Å². The third-order valence-electron chi connectivity index (χ3n) is 1.65. The molecule has 0 fully saturated rings. The lowest BCUT2D eigenvalue weighted by Gasteiger charge is -1.93. The first-order chi connectivity index (χ1) is 7.09. The number of carbonyl (C=O) groups is 2. The van der Waals surface area contributed by atoms with E-state index in [2.05, 4.69) is 16.8 Å². The Labute approximate surface area is 87.5 Å². The lowest BCUT2D eigenvalue weighted by molar-refractivity contribution is -0.117. The van der Waals surface area contributed by atoms with Crippen LogP contribution in [0, 0.1) is 11.8 Å². The van der Waals surface area contributed by atoms with E-state index >= 15 is 0 Å². The minimum absolute atomic E-state index is 0.0101. The Hall–Kier alpha value is -2.15. The summed E-state index contributed by atoms with van der Waals surface area (Å²) in [4.78, 5) is 25.3. The summed E-state index contributed by atoms with van der Waals surface area (Å²) in [6, 6.07) is 3.27. The Morgan fingerprint density at radius 2 is 2.20 bits per heavy atom. The van der Waals surface area contributed by atoms with Gasteiger partial charge in [0.15, 0.2) is 5.78 Å². The van der Waals surface area contributed by atoms with Crippen molar-refractivity contribution in [1.29, 1.82) is 0 Å². The van der Waals surface area contributed by atoms with Gasteiger partial charge in [-0.3, -0.25) is 9.59 Å². The highest BCUT2D eigenvalue weighted by atomic mass is 16.1. The molecule has 0 radical (unpaired) electrons. The number of pyridine rings is 1. The summed E-state index contributed by atoms with van der Waals surface area (Å²) in [5.74, 6) is 4.73. The zero-order chi connectivity index (χ0) is 11.3. The average Bonchev–Trinajstić information content (AvgIpc) is 2.18. The number of primary amides is 1. The summed E-state index contributed by atoms with van der Waals surface area (Å²) in [5.41, 5.74) is 5.97. The van der Waals surface area contributed by atoms with Crippen molar-refractivity contribution in [3.63, 3.8) is 0 Å². The van der Waals surface area contributed by atoms with Crippen LogP contribution in [0.5, 0.6) is 0 Å². The fraction of sp³-hybridized carbons (Fsp3) is 0.182. The van der Waals surface area contributed by atoms with E-state index in [-0.39, 0.29) is 12.2 Å². The summed E-state index contributed by atoms with van der Waals surface area (Å²) >= 11 is 0. The summed E-state index contributed by atoms with van der Waals surface area (Å²) in [7, 11) is 0. The van der Waals surface area contributed by atoms with Gasteiger partial charge in [-0.25, -0.2) is 4.98 Å². The summed E-state index contributed by atoms with van der Waals surface area (Å²) in [5, 5.41) is 0. The van der Waals surface area contributed by atoms with E-state index in [1.54, 1.807) is 12.1 Å². The maximum Gasteiger partial charge on any atom is 0.229 e. The van der Waals surface area contributed by atoms with Gasteiger partial charge in [0.1, 0.15) is 5.69 Å². The van der Waals surface area contributed by atoms with Crippen LogP contribution < -0.4 is 5.73 Å². The number of aromatic nitrogens is 1. The van der Waals surface area contributed by atoms with Crippen LogP contribution in [-0.2, 0) is 4.79 Å². The van der Waals surface area contributed by atoms with Gasteiger partial charge in [-0.15, -0.1) is 0 Å². The first kappa shape index (κ1) is 10.9. The largest absolute Gasteiger partial charge is 0.369 e. The number of nitrogens with zero attached hydrogens (tertiary/aromatic N) is 1. The van der Waals surface area contributed by atoms with E-state index in [0.717, 1.165) is 0 Å². The van der Waals surface area contributed by atoms with Crippen LogP contribution in [0.3, 0.4) is 0 Å². The molecule has 1 aromatic rings. The van der Waals surface area contributed by atoms with Crippen molar-refractivity contribution >= 4 is 11.7 Å². The minimum atomic E-state index is -0.470. The van der Waals surface area contributed by atoms with Gasteiger partial charge >= 0.3 is 0 Å². The number of rotatable bonds is 2. The molecular weight excluding hydrogens is 192 g/mol. The number of hydrogen-bond donors (Lipinski definition) is 1. The molecule has 1 rings (SSSR count). The van der Waals surface area contributed by atoms with Gasteiger partial charge in [-0.2, -0.15) is 0 Å². The quantitative estimate of drug-likeness (QED) is 0.561. The standard InChI is InChI=1S/C11H10N2O2/c1-8(14)9-5-6-10(13-7-9)3-2-4-11(12)15/h5-7H,4H2,1H3,(H2,12,15). The van der Waals surface area contributed by atoms with Crippen molar-refractivity contribution in [2.24, 2.45) is 5.73 Å². The molecule has 4 nitrogen and oxygen atoms in total. The van der Waals surface area contributed by atoms with Gasteiger partial charge in [0.05, 0.1) is 6.42 Å². The molecule has 1 aromatic heterocycles. The van der Waals surface area contributed by atoms with Crippen LogP contribution in [0.4, 0.5) is 0 Å². The van der Waals surface area contributed by atoms with E-state index in [9.17, 15) is 9.59 Å². The van der Waals surface area contributed by atoms with Crippen LogP contribution in [0.1, 0.15) is 29.4 Å². The van der Waals surface area contributed by atoms with Crippen molar-refractivity contribution < 1.29 is 9.59 Å². The van der Waals surface area contributed by atoms with Gasteiger partial charge in [0, 0.05) is 11.8 Å². The van der Waals surface area contributed by atoms with Crippen LogP contribution in [0.25, 0.3) is 0 Å². The fourth-order valence-electron chi connectivity index (χ4n) is 0.898. The molecule has 76 valence electrons. The van der Waals surface area contributed by atoms with E-state index in [0.29, 0.717) is 11.3 Å². The third kappa shape index (κ3) is 3.61. The van der Waals surface area contributed by atoms with Gasteiger partial charge in [0.2, 0.25) is 5.91 Å². The Morgan fingerprint density at radius 1 is 1.47 bits per heavy atom. The van der Waals surface area contributed by atoms with Crippen molar-refractivity contribution in [3.8, 4) is 11.8 Å². The molecule has 0 atom stereocenters. The smallest absolute Gasteiger partial charge is 0.229 e. The molecule has 0 saturated carbocycles. The van der Waals surface area contributed by atoms with Gasteiger partial charge in [0.25, 0.3) is 0 Å². The van der Waals surface area contributed by atoms with Crippen LogP contribution >= 0.6 is 0 Å². The molecule has 4 heteroatoms. The van der Waals surface area contributed by atoms with E-state index in [4.69, 9.17) is 5.73 Å². The van der Waals surface area contributed by atoms with E-state index in [1.165, 1.54) is 13.1 Å². The van der Waals surface area contributed by atoms with Crippen LogP contribution in [0.15, 0.2) is 18.3 Å². The molecule has 0 spiro atoms. The number of ketones is 1. The molecule has 0 unspecified atom stereocenters. The molecule has 2 N–H and O–H groups in total. The van der Waals surface area contributed by atoms with E-state index < -0.39 is 5.91 Å². The Balaban J connectivity index is 2.75. The average molecular weight is 202 g/mol. The van der Waals surface area contributed by atoms with Crippen molar-refractivity contribution in [1.82, 2.24) is 4.98 Å². The maximum atomic E-state index is 10.9. The van der Waals surface area contributed by atoms with E-state index in [1.807, 2.05) is 0 Å². The zero-order valence-electron chi connectivity index (χ0n) is 8.28. The third-order valence-corrected chi connectivity index (χ3v) is 1.65. The van der Waals surface area contributed by atoms with Crippen molar-refractivity contribution in [2.45, 2.75) is 13.3 Å². The highest BCUT2D eigenvalue weighted by Gasteiger charge is 1.97. The fourth-order valence-corrected chi connectivity index (χ4v) is 0.898. The maximum absolute atomic E-state index is 10.9. The lowest BCUT2D eigenvalue weighted by atomic mass is 10.2. The molecule has 15 heavy (non-hydrogen) atoms. The van der Waals surface area contributed by atoms with Gasteiger partial charge in [-0.05, 0) is 25.0 Å². The molecule has 0 aliphatic rings. The molecule has 0 aromatic carbocycles. The molecule has 1 heterocycles. The molecule has 1 amide bonds. The Bertz CT molecular complexity index is 438. The molecule has 0 aliphatic heterocycles. The first-order valence-corrected chi connectivity index (χ1v) is 4.34. The molecule has 0 bridgehead atoms. The normalized spacial score (nSPS) is 8.87. The predicted molar refractivity (Wildman–Crippen MR) is 54.9 cm³/mol. The number of Topliss-reactive ketones (excluding diaryl/α,β-unsaturated/α-hetero) is 1. The minimum Gasteiger partial charge on any atom is -0.369 e. The Morgan fingerprint density at radius 3 is 2.67 bits per heavy atom. The highest BCUT2D eigenvalue weighted by molar-refractivity contribution is 5.93. The lowest BCUT2D eigenvalue weighted by Crippen LogP contribution is -2.08. The van der Waals surface area contributed by atoms with Crippen molar-refractivity contribution in [3.05, 3.63) is 29.6 Å². The van der Waals surface area contributed by atoms with Gasteiger partial charge < -0.3 is 5.73 Å². The molecule has 0 aliphatic carbocycles. The summed E-state index contributed by atoms with van der Waals surface area (Å²) < 4.78 is 0. The highest BCUT2D eigenvalue weighted by Crippen LogP contribution is 1.99. The second kappa shape index (κ2) is 4.91. The zero-order valence-corrected chi connectivity index (χ0v) is 8.28. The summed E-state index contributed by atoms with van der Waals surface area (Å²) in [6.07, 6.45) is 1.47. The SMILES string of the molecule is CC(=O)c1ccc(C#CCC(N)=O)nc1. The molecular formula is C11H10N2O2. The van der Waals surface area contributed by atoms with Crippen LogP contribution in [-0.4, -0.2) is 16.7 Å². The summed E-state index contributed by atoms with van der Waals surface area (Å²) in [6.45, 7) is 1.47. The number of amides is 1. The second-order valence-electron chi connectivity index (χ2n) is 2.93.